The molecule has 0 spiro atoms. The molecule has 0 bridgehead atoms. The Labute approximate surface area is 154 Å². The Bertz CT molecular complexity index is 805. The van der Waals surface area contributed by atoms with Crippen molar-refractivity contribution in [2.24, 2.45) is 0 Å². The second kappa shape index (κ2) is 8.24. The van der Waals surface area contributed by atoms with Crippen LogP contribution in [0.1, 0.15) is 17.4 Å². The zero-order chi connectivity index (χ0) is 17.7. The van der Waals surface area contributed by atoms with Crippen molar-refractivity contribution >= 4 is 43.2 Å². The molecular formula is C16H19BrN2O3S2. The van der Waals surface area contributed by atoms with E-state index in [0.717, 1.165) is 14.9 Å². The summed E-state index contributed by atoms with van der Waals surface area (Å²) in [6.45, 7) is 3.98. The third-order valence-corrected chi connectivity index (χ3v) is 7.16. The van der Waals surface area contributed by atoms with Crippen LogP contribution >= 0.6 is 27.3 Å². The average molecular weight is 431 g/mol. The van der Waals surface area contributed by atoms with Crippen molar-refractivity contribution in [3.8, 4) is 0 Å². The summed E-state index contributed by atoms with van der Waals surface area (Å²) < 4.78 is 27.5. The van der Waals surface area contributed by atoms with Crippen molar-refractivity contribution < 1.29 is 13.2 Å². The standard InChI is InChI=1S/C16H19BrN2O3S2/c1-3-19(11-16(20)18-10-13-5-4-8-23-13)24(21,22)14-6-7-15(17)12(2)9-14/h4-9H,3,10-11H2,1-2H3,(H,18,20). The Morgan fingerprint density at radius 3 is 2.67 bits per heavy atom. The predicted molar refractivity (Wildman–Crippen MR) is 99.5 cm³/mol. The molecule has 0 saturated carbocycles. The van der Waals surface area contributed by atoms with E-state index in [9.17, 15) is 13.2 Å². The van der Waals surface area contributed by atoms with Gasteiger partial charge in [-0.2, -0.15) is 4.31 Å². The summed E-state index contributed by atoms with van der Waals surface area (Å²) in [6, 6.07) is 8.67. The topological polar surface area (TPSA) is 66.5 Å². The van der Waals surface area contributed by atoms with E-state index in [2.05, 4.69) is 21.2 Å². The van der Waals surface area contributed by atoms with Crippen molar-refractivity contribution in [1.82, 2.24) is 9.62 Å². The SMILES string of the molecule is CCN(CC(=O)NCc1cccs1)S(=O)(=O)c1ccc(Br)c(C)c1. The number of thiophene rings is 1. The van der Waals surface area contributed by atoms with Crippen LogP contribution in [0.4, 0.5) is 0 Å². The molecular weight excluding hydrogens is 412 g/mol. The number of nitrogens with one attached hydrogen (secondary N) is 1. The minimum atomic E-state index is -3.70. The molecule has 24 heavy (non-hydrogen) atoms. The van der Waals surface area contributed by atoms with Crippen LogP contribution < -0.4 is 5.32 Å². The maximum atomic E-state index is 12.7. The first kappa shape index (κ1) is 19.1. The van der Waals surface area contributed by atoms with E-state index >= 15 is 0 Å². The quantitative estimate of drug-likeness (QED) is 0.733. The molecule has 8 heteroatoms. The Hall–Kier alpha value is -1.22. The van der Waals surface area contributed by atoms with E-state index in [0.29, 0.717) is 6.54 Å². The minimum absolute atomic E-state index is 0.191. The number of sulfonamides is 1. The Balaban J connectivity index is 2.08. The first-order valence-corrected chi connectivity index (χ1v) is 10.5. The highest BCUT2D eigenvalue weighted by Crippen LogP contribution is 2.22. The molecule has 0 radical (unpaired) electrons. The van der Waals surface area contributed by atoms with Crippen molar-refractivity contribution in [3.05, 3.63) is 50.6 Å². The molecule has 0 aliphatic heterocycles. The largest absolute Gasteiger partial charge is 0.350 e. The van der Waals surface area contributed by atoms with Crippen LogP contribution in [0.15, 0.2) is 45.1 Å². The number of rotatable bonds is 7. The molecule has 0 unspecified atom stereocenters. The molecule has 1 N–H and O–H groups in total. The van der Waals surface area contributed by atoms with Crippen LogP contribution in [0.5, 0.6) is 0 Å². The van der Waals surface area contributed by atoms with Crippen molar-refractivity contribution in [1.29, 1.82) is 0 Å². The van der Waals surface area contributed by atoms with Gasteiger partial charge in [0.1, 0.15) is 0 Å². The molecule has 1 aromatic heterocycles. The fraction of sp³-hybridized carbons (Fsp3) is 0.312. The molecule has 5 nitrogen and oxygen atoms in total. The number of amides is 1. The average Bonchev–Trinajstić information content (AvgIpc) is 3.06. The highest BCUT2D eigenvalue weighted by molar-refractivity contribution is 9.10. The van der Waals surface area contributed by atoms with Gasteiger partial charge in [0.2, 0.25) is 15.9 Å². The van der Waals surface area contributed by atoms with E-state index in [1.807, 2.05) is 24.4 Å². The molecule has 0 aliphatic rings. The zero-order valence-corrected chi connectivity index (χ0v) is 16.7. The second-order valence-corrected chi connectivity index (χ2v) is 9.02. The summed E-state index contributed by atoms with van der Waals surface area (Å²) in [7, 11) is -3.70. The van der Waals surface area contributed by atoms with Crippen molar-refractivity contribution in [2.75, 3.05) is 13.1 Å². The summed E-state index contributed by atoms with van der Waals surface area (Å²) in [4.78, 5) is 13.3. The lowest BCUT2D eigenvalue weighted by Crippen LogP contribution is -2.40. The van der Waals surface area contributed by atoms with Gasteiger partial charge < -0.3 is 5.32 Å². The Morgan fingerprint density at radius 2 is 2.08 bits per heavy atom. The number of benzene rings is 1. The fourth-order valence-corrected chi connectivity index (χ4v) is 4.49. The monoisotopic (exact) mass is 430 g/mol. The molecule has 2 rings (SSSR count). The van der Waals surface area contributed by atoms with E-state index in [-0.39, 0.29) is 23.9 Å². The second-order valence-electron chi connectivity index (χ2n) is 5.20. The zero-order valence-electron chi connectivity index (χ0n) is 13.5. The van der Waals surface area contributed by atoms with Gasteiger partial charge in [-0.15, -0.1) is 11.3 Å². The van der Waals surface area contributed by atoms with Gasteiger partial charge in [0.15, 0.2) is 0 Å². The fourth-order valence-electron chi connectivity index (χ4n) is 2.11. The van der Waals surface area contributed by atoms with E-state index in [1.54, 1.807) is 36.5 Å². The molecule has 0 fully saturated rings. The third-order valence-electron chi connectivity index (χ3n) is 3.48. The molecule has 1 heterocycles. The minimum Gasteiger partial charge on any atom is -0.350 e. The summed E-state index contributed by atoms with van der Waals surface area (Å²) in [5.74, 6) is -0.317. The van der Waals surface area contributed by atoms with E-state index < -0.39 is 10.0 Å². The van der Waals surface area contributed by atoms with Crippen LogP contribution in [0.2, 0.25) is 0 Å². The van der Waals surface area contributed by atoms with E-state index in [4.69, 9.17) is 0 Å². The first-order chi connectivity index (χ1) is 11.3. The number of carbonyl (C=O) groups is 1. The maximum absolute atomic E-state index is 12.7. The van der Waals surface area contributed by atoms with Crippen LogP contribution in [-0.4, -0.2) is 31.7 Å². The van der Waals surface area contributed by atoms with Crippen LogP contribution in [0, 0.1) is 6.92 Å². The molecule has 130 valence electrons. The van der Waals surface area contributed by atoms with Gasteiger partial charge in [0, 0.05) is 15.9 Å². The maximum Gasteiger partial charge on any atom is 0.243 e. The van der Waals surface area contributed by atoms with E-state index in [1.165, 1.54) is 4.31 Å². The number of halogens is 1. The van der Waals surface area contributed by atoms with Crippen LogP contribution in [0.3, 0.4) is 0 Å². The van der Waals surface area contributed by atoms with Gasteiger partial charge in [-0.3, -0.25) is 4.79 Å². The van der Waals surface area contributed by atoms with Gasteiger partial charge in [-0.25, -0.2) is 8.42 Å². The number of hydrogen-bond acceptors (Lipinski definition) is 4. The number of carbonyl (C=O) groups excluding carboxylic acids is 1. The van der Waals surface area contributed by atoms with Crippen LogP contribution in [-0.2, 0) is 21.4 Å². The Morgan fingerprint density at radius 1 is 1.33 bits per heavy atom. The summed E-state index contributed by atoms with van der Waals surface area (Å²) in [5, 5.41) is 4.68. The van der Waals surface area contributed by atoms with Gasteiger partial charge in [0.25, 0.3) is 0 Å². The van der Waals surface area contributed by atoms with Gasteiger partial charge >= 0.3 is 0 Å². The van der Waals surface area contributed by atoms with Crippen LogP contribution in [0.25, 0.3) is 0 Å². The summed E-state index contributed by atoms with van der Waals surface area (Å²) in [5.41, 5.74) is 0.828. The lowest BCUT2D eigenvalue weighted by atomic mass is 10.2. The molecule has 2 aromatic rings. The Kier molecular flexibility index (Phi) is 6.56. The highest BCUT2D eigenvalue weighted by Gasteiger charge is 2.25. The normalized spacial score (nSPS) is 11.7. The van der Waals surface area contributed by atoms with Gasteiger partial charge in [-0.1, -0.05) is 28.9 Å². The lowest BCUT2D eigenvalue weighted by Gasteiger charge is -2.20. The highest BCUT2D eigenvalue weighted by atomic mass is 79.9. The van der Waals surface area contributed by atoms with Gasteiger partial charge in [0.05, 0.1) is 18.0 Å². The molecule has 0 atom stereocenters. The first-order valence-electron chi connectivity index (χ1n) is 7.40. The smallest absolute Gasteiger partial charge is 0.243 e. The molecule has 1 amide bonds. The number of hydrogen-bond donors (Lipinski definition) is 1. The van der Waals surface area contributed by atoms with Gasteiger partial charge in [-0.05, 0) is 42.1 Å². The summed E-state index contributed by atoms with van der Waals surface area (Å²) in [6.07, 6.45) is 0. The van der Waals surface area contributed by atoms with Crippen molar-refractivity contribution in [2.45, 2.75) is 25.3 Å². The van der Waals surface area contributed by atoms with Crippen molar-refractivity contribution in [3.63, 3.8) is 0 Å². The number of nitrogens with zero attached hydrogens (tertiary/aromatic N) is 1. The lowest BCUT2D eigenvalue weighted by molar-refractivity contribution is -0.121. The number of likely N-dealkylation sites (N-methyl/N-ethyl adjacent to an activating group) is 1. The molecule has 0 saturated heterocycles. The third kappa shape index (κ3) is 4.66. The predicted octanol–water partition coefficient (Wildman–Crippen LogP) is 3.15. The summed E-state index contributed by atoms with van der Waals surface area (Å²) >= 11 is 4.90. The molecule has 0 aliphatic carbocycles. The molecule has 1 aromatic carbocycles. The number of aryl methyl sites for hydroxylation is 1.